The minimum Gasteiger partial charge on any atom is -0.465 e. The van der Waals surface area contributed by atoms with Crippen molar-refractivity contribution in [3.8, 4) is 0 Å². The van der Waals surface area contributed by atoms with Crippen molar-refractivity contribution < 1.29 is 23.9 Å². The summed E-state index contributed by atoms with van der Waals surface area (Å²) in [5.74, 6) is -1.39. The van der Waals surface area contributed by atoms with Gasteiger partial charge in [-0.15, -0.1) is 0 Å². The topological polar surface area (TPSA) is 72.9 Å². The van der Waals surface area contributed by atoms with E-state index < -0.39 is 11.9 Å². The Labute approximate surface area is 104 Å². The summed E-state index contributed by atoms with van der Waals surface area (Å²) in [6.45, 7) is 0.301. The zero-order valence-electron chi connectivity index (χ0n) is 10.1. The number of esters is 2. The van der Waals surface area contributed by atoms with Crippen LogP contribution >= 0.6 is 0 Å². The molecule has 0 saturated heterocycles. The van der Waals surface area contributed by atoms with Gasteiger partial charge in [-0.25, -0.2) is 9.59 Å². The number of amides is 1. The molecule has 1 aliphatic heterocycles. The predicted octanol–water partition coefficient (Wildman–Crippen LogP) is 0.171. The van der Waals surface area contributed by atoms with Crippen molar-refractivity contribution in [3.05, 3.63) is 35.6 Å². The van der Waals surface area contributed by atoms with E-state index in [0.717, 1.165) is 0 Å². The number of hydrogen-bond acceptors (Lipinski definition) is 5. The number of carbonyl (C=O) groups excluding carboxylic acids is 3. The summed E-state index contributed by atoms with van der Waals surface area (Å²) in [5, 5.41) is 0. The van der Waals surface area contributed by atoms with Crippen LogP contribution in [-0.2, 0) is 23.9 Å². The van der Waals surface area contributed by atoms with Crippen molar-refractivity contribution >= 4 is 18.3 Å². The first-order valence-corrected chi connectivity index (χ1v) is 5.10. The zero-order chi connectivity index (χ0) is 13.5. The molecular formula is C12H13NO5. The third-order valence-electron chi connectivity index (χ3n) is 2.25. The van der Waals surface area contributed by atoms with Crippen LogP contribution in [-0.4, -0.2) is 44.0 Å². The van der Waals surface area contributed by atoms with Crippen molar-refractivity contribution in [1.82, 2.24) is 4.90 Å². The Morgan fingerprint density at radius 3 is 2.39 bits per heavy atom. The van der Waals surface area contributed by atoms with Crippen LogP contribution in [0.1, 0.15) is 0 Å². The molecule has 18 heavy (non-hydrogen) atoms. The summed E-state index contributed by atoms with van der Waals surface area (Å²) in [5.41, 5.74) is 0.00736. The first kappa shape index (κ1) is 13.7. The molecule has 0 spiro atoms. The first-order chi connectivity index (χ1) is 8.63. The van der Waals surface area contributed by atoms with Gasteiger partial charge in [-0.2, -0.15) is 0 Å². The van der Waals surface area contributed by atoms with Gasteiger partial charge in [0.1, 0.15) is 0 Å². The monoisotopic (exact) mass is 251 g/mol. The number of methoxy groups -OCH3 is 2. The molecule has 6 nitrogen and oxygen atoms in total. The molecule has 0 fully saturated rings. The summed E-state index contributed by atoms with van der Waals surface area (Å²) in [7, 11) is 2.40. The number of carbonyl (C=O) groups is 3. The van der Waals surface area contributed by atoms with Crippen LogP contribution < -0.4 is 0 Å². The molecule has 96 valence electrons. The molecule has 0 aliphatic carbocycles. The minimum atomic E-state index is -0.714. The van der Waals surface area contributed by atoms with Crippen LogP contribution in [0.15, 0.2) is 35.6 Å². The molecule has 0 bridgehead atoms. The van der Waals surface area contributed by atoms with Crippen LogP contribution in [0.5, 0.6) is 0 Å². The van der Waals surface area contributed by atoms with Crippen LogP contribution in [0.4, 0.5) is 0 Å². The van der Waals surface area contributed by atoms with Gasteiger partial charge in [0, 0.05) is 12.7 Å². The van der Waals surface area contributed by atoms with E-state index in [9.17, 15) is 14.4 Å². The maximum Gasteiger partial charge on any atom is 0.340 e. The normalized spacial score (nSPS) is 14.9. The quantitative estimate of drug-likeness (QED) is 0.528. The molecule has 0 aromatic carbocycles. The van der Waals surface area contributed by atoms with Gasteiger partial charge in [-0.05, 0) is 6.08 Å². The Kier molecular flexibility index (Phi) is 4.86. The third-order valence-corrected chi connectivity index (χ3v) is 2.25. The molecule has 0 saturated carbocycles. The lowest BCUT2D eigenvalue weighted by molar-refractivity contribution is -0.139. The molecule has 1 rings (SSSR count). The Morgan fingerprint density at radius 1 is 1.22 bits per heavy atom. The van der Waals surface area contributed by atoms with E-state index in [1.54, 1.807) is 12.2 Å². The molecule has 0 aromatic heterocycles. The fourth-order valence-corrected chi connectivity index (χ4v) is 1.36. The predicted molar refractivity (Wildman–Crippen MR) is 62.1 cm³/mol. The molecule has 1 amide bonds. The van der Waals surface area contributed by atoms with Crippen LogP contribution in [0, 0.1) is 0 Å². The average molecular weight is 251 g/mol. The van der Waals surface area contributed by atoms with Gasteiger partial charge >= 0.3 is 11.9 Å². The maximum atomic E-state index is 11.6. The van der Waals surface area contributed by atoms with Crippen LogP contribution in [0.2, 0.25) is 0 Å². The summed E-state index contributed by atoms with van der Waals surface area (Å²) in [4.78, 5) is 35.2. The van der Waals surface area contributed by atoms with Crippen LogP contribution in [0.25, 0.3) is 0 Å². The highest BCUT2D eigenvalue weighted by Gasteiger charge is 2.23. The van der Waals surface area contributed by atoms with E-state index in [4.69, 9.17) is 0 Å². The van der Waals surface area contributed by atoms with E-state index in [0.29, 0.717) is 13.0 Å². The lowest BCUT2D eigenvalue weighted by Gasteiger charge is -2.15. The molecule has 0 unspecified atom stereocenters. The van der Waals surface area contributed by atoms with Gasteiger partial charge in [0.2, 0.25) is 6.41 Å². The second-order valence-corrected chi connectivity index (χ2v) is 3.34. The summed E-state index contributed by atoms with van der Waals surface area (Å²) in [6, 6.07) is 0. The number of rotatable bonds is 3. The maximum absolute atomic E-state index is 11.6. The number of allylic oxidation sites excluding steroid dienone is 2. The van der Waals surface area contributed by atoms with Gasteiger partial charge in [0.15, 0.2) is 0 Å². The summed E-state index contributed by atoms with van der Waals surface area (Å²) < 4.78 is 9.16. The largest absolute Gasteiger partial charge is 0.465 e. The summed E-state index contributed by atoms with van der Waals surface area (Å²) >= 11 is 0. The molecule has 0 N–H and O–H groups in total. The Bertz CT molecular complexity index is 447. The Morgan fingerprint density at radius 2 is 1.83 bits per heavy atom. The molecule has 0 aromatic rings. The van der Waals surface area contributed by atoms with Gasteiger partial charge in [-0.1, -0.05) is 12.2 Å². The van der Waals surface area contributed by atoms with Crippen molar-refractivity contribution in [3.63, 3.8) is 0 Å². The standard InChI is InChI=1S/C12H13NO5/c1-17-11(15)9-5-3-4-6-13(8-14)7-10(9)12(16)18-2/h3-5,7-8H,6H2,1-2H3. The Balaban J connectivity index is 3.27. The van der Waals surface area contributed by atoms with E-state index in [-0.39, 0.29) is 11.1 Å². The van der Waals surface area contributed by atoms with E-state index >= 15 is 0 Å². The molecule has 6 heteroatoms. The highest BCUT2D eigenvalue weighted by atomic mass is 16.5. The smallest absolute Gasteiger partial charge is 0.340 e. The van der Waals surface area contributed by atoms with E-state index in [1.807, 2.05) is 0 Å². The third kappa shape index (κ3) is 3.07. The van der Waals surface area contributed by atoms with Crippen LogP contribution in [0.3, 0.4) is 0 Å². The van der Waals surface area contributed by atoms with E-state index in [1.165, 1.54) is 31.4 Å². The second-order valence-electron chi connectivity index (χ2n) is 3.34. The SMILES string of the molecule is COC(=O)C1=CC=CCN(C=O)C=C1C(=O)OC. The van der Waals surface area contributed by atoms with Crippen molar-refractivity contribution in [1.29, 1.82) is 0 Å². The Hall–Kier alpha value is -2.37. The number of nitrogens with zero attached hydrogens (tertiary/aromatic N) is 1. The highest BCUT2D eigenvalue weighted by Crippen LogP contribution is 2.16. The van der Waals surface area contributed by atoms with Crippen molar-refractivity contribution in [2.45, 2.75) is 0 Å². The zero-order valence-corrected chi connectivity index (χ0v) is 10.1. The molecule has 1 heterocycles. The molecule has 1 aliphatic rings. The highest BCUT2D eigenvalue weighted by molar-refractivity contribution is 6.07. The lowest BCUT2D eigenvalue weighted by Crippen LogP contribution is -2.22. The van der Waals surface area contributed by atoms with Gasteiger partial charge in [-0.3, -0.25) is 4.79 Å². The number of hydrogen-bond donors (Lipinski definition) is 0. The van der Waals surface area contributed by atoms with Crippen molar-refractivity contribution in [2.24, 2.45) is 0 Å². The lowest BCUT2D eigenvalue weighted by atomic mass is 10.1. The fourth-order valence-electron chi connectivity index (χ4n) is 1.36. The van der Waals surface area contributed by atoms with Gasteiger partial charge in [0.05, 0.1) is 25.4 Å². The minimum absolute atomic E-state index is 0.0270. The first-order valence-electron chi connectivity index (χ1n) is 5.10. The molecule has 0 radical (unpaired) electrons. The average Bonchev–Trinajstić information content (AvgIpc) is 2.37. The number of ether oxygens (including phenoxy) is 2. The van der Waals surface area contributed by atoms with Crippen molar-refractivity contribution in [2.75, 3.05) is 20.8 Å². The second kappa shape index (κ2) is 6.39. The molecule has 0 atom stereocenters. The van der Waals surface area contributed by atoms with Gasteiger partial charge < -0.3 is 14.4 Å². The molecular weight excluding hydrogens is 238 g/mol. The van der Waals surface area contributed by atoms with E-state index in [2.05, 4.69) is 9.47 Å². The summed E-state index contributed by atoms with van der Waals surface area (Å²) in [6.07, 6.45) is 6.48. The van der Waals surface area contributed by atoms with Gasteiger partial charge in [0.25, 0.3) is 0 Å². The fraction of sp³-hybridized carbons (Fsp3) is 0.250.